The minimum Gasteiger partial charge on any atom is -0.325 e. The highest BCUT2D eigenvalue weighted by Gasteiger charge is 2.41. The highest BCUT2D eigenvalue weighted by atomic mass is 35.5. The lowest BCUT2D eigenvalue weighted by Crippen LogP contribution is -2.55. The number of anilines is 1. The fourth-order valence-electron chi connectivity index (χ4n) is 3.30. The summed E-state index contributed by atoms with van der Waals surface area (Å²) in [5, 5.41) is 2.43. The lowest BCUT2D eigenvalue weighted by Gasteiger charge is -2.35. The Kier molecular flexibility index (Phi) is 6.28. The van der Waals surface area contributed by atoms with Crippen molar-refractivity contribution in [3.05, 3.63) is 70.2 Å². The van der Waals surface area contributed by atoms with E-state index in [-0.39, 0.29) is 17.1 Å². The average molecular weight is 499 g/mol. The van der Waals surface area contributed by atoms with Gasteiger partial charge in [-0.15, -0.1) is 11.3 Å². The number of thiophene rings is 1. The minimum atomic E-state index is -3.94. The molecule has 7 nitrogen and oxygen atoms in total. The van der Waals surface area contributed by atoms with Crippen LogP contribution in [0.25, 0.3) is 10.6 Å². The highest BCUT2D eigenvalue weighted by Crippen LogP contribution is 2.35. The molecule has 1 aromatic carbocycles. The van der Waals surface area contributed by atoms with E-state index in [0.29, 0.717) is 10.6 Å². The lowest BCUT2D eigenvalue weighted by atomic mass is 10.1. The van der Waals surface area contributed by atoms with Crippen molar-refractivity contribution >= 4 is 44.7 Å². The lowest BCUT2D eigenvalue weighted by molar-refractivity contribution is -0.120. The molecule has 0 aliphatic carbocycles. The molecule has 3 aromatic rings. The average Bonchev–Trinajstić information content (AvgIpc) is 3.23. The van der Waals surface area contributed by atoms with Crippen LogP contribution in [0.5, 0.6) is 0 Å². The van der Waals surface area contributed by atoms with Gasteiger partial charge in [0, 0.05) is 17.6 Å². The first kappa shape index (κ1) is 22.7. The van der Waals surface area contributed by atoms with Crippen LogP contribution in [0, 0.1) is 11.6 Å². The third kappa shape index (κ3) is 4.66. The molecule has 2 aromatic heterocycles. The van der Waals surface area contributed by atoms with Gasteiger partial charge in [0.1, 0.15) is 17.7 Å². The van der Waals surface area contributed by atoms with E-state index in [2.05, 4.69) is 15.0 Å². The van der Waals surface area contributed by atoms with Gasteiger partial charge in [-0.05, 0) is 48.9 Å². The maximum atomic E-state index is 13.4. The quantitative estimate of drug-likeness (QED) is 0.569. The third-order valence-electron chi connectivity index (χ3n) is 5.01. The SMILES string of the molecule is CN1C(C(=O)Nc2ccc(F)c(Cl)c2)CC(c2ccc(-c3ccc(F)cn3)s2)NS1(=O)=O. The zero-order chi connectivity index (χ0) is 23.0. The zero-order valence-corrected chi connectivity index (χ0v) is 18.9. The third-order valence-corrected chi connectivity index (χ3v) is 8.11. The van der Waals surface area contributed by atoms with Crippen LogP contribution in [-0.4, -0.2) is 36.7 Å². The Balaban J connectivity index is 1.56. The van der Waals surface area contributed by atoms with Gasteiger partial charge in [-0.25, -0.2) is 8.78 Å². The number of carbonyl (C=O) groups is 1. The molecule has 0 bridgehead atoms. The fourth-order valence-corrected chi connectivity index (χ4v) is 5.87. The number of amides is 1. The molecule has 1 fully saturated rings. The second-order valence-corrected chi connectivity index (χ2v) is 10.4. The number of nitrogens with one attached hydrogen (secondary N) is 2. The molecule has 2 N–H and O–H groups in total. The van der Waals surface area contributed by atoms with E-state index in [0.717, 1.165) is 21.4 Å². The summed E-state index contributed by atoms with van der Waals surface area (Å²) in [7, 11) is -2.63. The number of likely N-dealkylation sites (N-methyl/N-ethyl adjacent to an activating group) is 1. The van der Waals surface area contributed by atoms with E-state index in [1.54, 1.807) is 12.1 Å². The number of aromatic nitrogens is 1. The molecule has 0 saturated carbocycles. The van der Waals surface area contributed by atoms with Crippen molar-refractivity contribution in [2.75, 3.05) is 12.4 Å². The molecule has 168 valence electrons. The van der Waals surface area contributed by atoms with E-state index >= 15 is 0 Å². The van der Waals surface area contributed by atoms with Gasteiger partial charge in [0.25, 0.3) is 10.2 Å². The van der Waals surface area contributed by atoms with Gasteiger partial charge in [0.15, 0.2) is 0 Å². The molecule has 0 spiro atoms. The summed E-state index contributed by atoms with van der Waals surface area (Å²) in [5.41, 5.74) is 0.809. The summed E-state index contributed by atoms with van der Waals surface area (Å²) in [4.78, 5) is 18.3. The van der Waals surface area contributed by atoms with Crippen LogP contribution in [0.4, 0.5) is 14.5 Å². The maximum Gasteiger partial charge on any atom is 0.280 e. The van der Waals surface area contributed by atoms with Gasteiger partial charge in [-0.1, -0.05) is 11.6 Å². The minimum absolute atomic E-state index is 0.160. The predicted octanol–water partition coefficient (Wildman–Crippen LogP) is 3.96. The molecule has 4 rings (SSSR count). The van der Waals surface area contributed by atoms with E-state index in [4.69, 9.17) is 11.6 Å². The van der Waals surface area contributed by atoms with E-state index in [9.17, 15) is 22.0 Å². The van der Waals surface area contributed by atoms with Crippen LogP contribution in [-0.2, 0) is 15.0 Å². The smallest absolute Gasteiger partial charge is 0.280 e. The van der Waals surface area contributed by atoms with Crippen LogP contribution in [0.15, 0.2) is 48.7 Å². The number of hydrogen-bond acceptors (Lipinski definition) is 5. The zero-order valence-electron chi connectivity index (χ0n) is 16.6. The Morgan fingerprint density at radius 1 is 1.25 bits per heavy atom. The monoisotopic (exact) mass is 498 g/mol. The number of carbonyl (C=O) groups excluding carboxylic acids is 1. The summed E-state index contributed by atoms with van der Waals surface area (Å²) in [6.07, 6.45) is 1.27. The number of nitrogens with zero attached hydrogens (tertiary/aromatic N) is 2. The van der Waals surface area contributed by atoms with Crippen molar-refractivity contribution in [1.82, 2.24) is 14.0 Å². The van der Waals surface area contributed by atoms with Crippen LogP contribution >= 0.6 is 22.9 Å². The summed E-state index contributed by atoms with van der Waals surface area (Å²) in [5.74, 6) is -1.65. The van der Waals surface area contributed by atoms with Crippen molar-refractivity contribution in [1.29, 1.82) is 0 Å². The first-order valence-electron chi connectivity index (χ1n) is 9.37. The Hall–Kier alpha value is -2.44. The van der Waals surface area contributed by atoms with Crippen molar-refractivity contribution < 1.29 is 22.0 Å². The Labute approximate surface area is 192 Å². The largest absolute Gasteiger partial charge is 0.325 e. The molecular formula is C20H17ClF2N4O3S2. The molecule has 32 heavy (non-hydrogen) atoms. The fraction of sp³-hybridized carbons (Fsp3) is 0.200. The maximum absolute atomic E-state index is 13.4. The molecule has 3 heterocycles. The van der Waals surface area contributed by atoms with Crippen molar-refractivity contribution in [2.45, 2.75) is 18.5 Å². The molecular weight excluding hydrogens is 482 g/mol. The van der Waals surface area contributed by atoms with Crippen molar-refractivity contribution in [3.63, 3.8) is 0 Å². The standard InChI is InChI=1S/C20H17ClF2N4O3S2/c1-27-17(20(28)25-12-3-4-14(23)13(21)8-12)9-16(26-32(27,29)30)19-7-6-18(31-19)15-5-2-11(22)10-24-15/h2-8,10,16-17,26H,9H2,1H3,(H,25,28). The van der Waals surface area contributed by atoms with Gasteiger partial charge in [-0.3, -0.25) is 9.78 Å². The number of benzene rings is 1. The summed E-state index contributed by atoms with van der Waals surface area (Å²) < 4.78 is 55.4. The summed E-state index contributed by atoms with van der Waals surface area (Å²) >= 11 is 7.05. The number of hydrogen-bond donors (Lipinski definition) is 2. The summed E-state index contributed by atoms with van der Waals surface area (Å²) in [6.45, 7) is 0. The van der Waals surface area contributed by atoms with E-state index < -0.39 is 39.8 Å². The Morgan fingerprint density at radius 3 is 2.72 bits per heavy atom. The topological polar surface area (TPSA) is 91.4 Å². The second-order valence-electron chi connectivity index (χ2n) is 7.12. The molecule has 1 aliphatic rings. The highest BCUT2D eigenvalue weighted by molar-refractivity contribution is 7.87. The van der Waals surface area contributed by atoms with Gasteiger partial charge in [0.2, 0.25) is 5.91 Å². The van der Waals surface area contributed by atoms with Crippen LogP contribution < -0.4 is 10.0 Å². The van der Waals surface area contributed by atoms with Crippen LogP contribution in [0.3, 0.4) is 0 Å². The molecule has 12 heteroatoms. The van der Waals surface area contributed by atoms with Gasteiger partial charge >= 0.3 is 0 Å². The first-order valence-corrected chi connectivity index (χ1v) is 12.0. The Morgan fingerprint density at radius 2 is 2.03 bits per heavy atom. The molecule has 1 aliphatic heterocycles. The van der Waals surface area contributed by atoms with Gasteiger partial charge in [-0.2, -0.15) is 17.4 Å². The number of rotatable bonds is 4. The van der Waals surface area contributed by atoms with Crippen LogP contribution in [0.1, 0.15) is 17.3 Å². The van der Waals surface area contributed by atoms with Crippen LogP contribution in [0.2, 0.25) is 5.02 Å². The number of halogens is 3. The molecule has 2 unspecified atom stereocenters. The molecule has 1 amide bonds. The van der Waals surface area contributed by atoms with Gasteiger partial charge < -0.3 is 5.32 Å². The van der Waals surface area contributed by atoms with Gasteiger partial charge in [0.05, 0.1) is 27.8 Å². The van der Waals surface area contributed by atoms with Crippen molar-refractivity contribution in [3.8, 4) is 10.6 Å². The van der Waals surface area contributed by atoms with E-state index in [1.165, 1.54) is 42.6 Å². The summed E-state index contributed by atoms with van der Waals surface area (Å²) in [6, 6.07) is 8.39. The predicted molar refractivity (Wildman–Crippen MR) is 119 cm³/mol. The second kappa shape index (κ2) is 8.83. The molecule has 2 atom stereocenters. The van der Waals surface area contributed by atoms with E-state index in [1.807, 2.05) is 0 Å². The molecule has 0 radical (unpaired) electrons. The Bertz CT molecular complexity index is 1270. The first-order chi connectivity index (χ1) is 15.1. The number of pyridine rings is 1. The van der Waals surface area contributed by atoms with Crippen molar-refractivity contribution in [2.24, 2.45) is 0 Å². The molecule has 1 saturated heterocycles. The normalized spacial score (nSPS) is 20.8.